The SMILES string of the molecule is COCc1c(C(=O)NCC(C)c2ccccc2)cnn1-c1nccc(-c2cc(C)sc2C)n1. The maximum Gasteiger partial charge on any atom is 0.254 e. The molecule has 0 aliphatic heterocycles. The number of benzene rings is 1. The zero-order chi connectivity index (χ0) is 23.4. The number of carbonyl (C=O) groups excluding carboxylic acids is 1. The van der Waals surface area contributed by atoms with E-state index in [4.69, 9.17) is 9.72 Å². The van der Waals surface area contributed by atoms with Gasteiger partial charge < -0.3 is 10.1 Å². The number of methoxy groups -OCH3 is 1. The van der Waals surface area contributed by atoms with E-state index in [0.717, 1.165) is 11.3 Å². The van der Waals surface area contributed by atoms with Gasteiger partial charge in [0.2, 0.25) is 0 Å². The van der Waals surface area contributed by atoms with Crippen LogP contribution in [-0.4, -0.2) is 39.3 Å². The summed E-state index contributed by atoms with van der Waals surface area (Å²) in [7, 11) is 1.59. The molecule has 1 N–H and O–H groups in total. The molecule has 0 saturated heterocycles. The zero-order valence-corrected chi connectivity index (χ0v) is 20.0. The highest BCUT2D eigenvalue weighted by molar-refractivity contribution is 7.12. The Hall–Kier alpha value is -3.36. The average Bonchev–Trinajstić information content (AvgIpc) is 3.40. The monoisotopic (exact) mass is 461 g/mol. The molecule has 7 nitrogen and oxygen atoms in total. The first-order chi connectivity index (χ1) is 16.0. The van der Waals surface area contributed by atoms with Crippen LogP contribution in [0.4, 0.5) is 0 Å². The van der Waals surface area contributed by atoms with E-state index < -0.39 is 0 Å². The lowest BCUT2D eigenvalue weighted by molar-refractivity contribution is 0.0946. The minimum atomic E-state index is -0.198. The van der Waals surface area contributed by atoms with Crippen LogP contribution in [-0.2, 0) is 11.3 Å². The standard InChI is InChI=1S/C25H27N5O2S/c1-16(19-8-6-5-7-9-19)13-27-24(31)21-14-28-30(23(21)15-32-4)25-26-11-10-22(29-25)20-12-17(2)33-18(20)3/h5-12,14,16H,13,15H2,1-4H3,(H,27,31). The van der Waals surface area contributed by atoms with Crippen molar-refractivity contribution in [1.82, 2.24) is 25.1 Å². The number of thiophene rings is 1. The molecule has 0 saturated carbocycles. The van der Waals surface area contributed by atoms with Crippen molar-refractivity contribution in [2.24, 2.45) is 0 Å². The van der Waals surface area contributed by atoms with Crippen molar-refractivity contribution in [2.75, 3.05) is 13.7 Å². The molecule has 170 valence electrons. The molecule has 1 aromatic carbocycles. The number of aryl methyl sites for hydroxylation is 2. The smallest absolute Gasteiger partial charge is 0.254 e. The summed E-state index contributed by atoms with van der Waals surface area (Å²) in [5.41, 5.74) is 4.14. The van der Waals surface area contributed by atoms with Crippen LogP contribution in [0.3, 0.4) is 0 Å². The van der Waals surface area contributed by atoms with Crippen LogP contribution in [0.15, 0.2) is 54.9 Å². The van der Waals surface area contributed by atoms with Crippen LogP contribution in [0.2, 0.25) is 0 Å². The first-order valence-electron chi connectivity index (χ1n) is 10.8. The van der Waals surface area contributed by atoms with Gasteiger partial charge in [-0.2, -0.15) is 9.78 Å². The van der Waals surface area contributed by atoms with E-state index in [9.17, 15) is 4.79 Å². The van der Waals surface area contributed by atoms with E-state index in [0.29, 0.717) is 23.8 Å². The Balaban J connectivity index is 1.59. The molecule has 33 heavy (non-hydrogen) atoms. The summed E-state index contributed by atoms with van der Waals surface area (Å²) >= 11 is 1.74. The van der Waals surface area contributed by atoms with Crippen molar-refractivity contribution >= 4 is 17.2 Å². The summed E-state index contributed by atoms with van der Waals surface area (Å²) in [4.78, 5) is 24.6. The summed E-state index contributed by atoms with van der Waals surface area (Å²) in [5, 5.41) is 7.45. The summed E-state index contributed by atoms with van der Waals surface area (Å²) in [6.45, 7) is 6.97. The van der Waals surface area contributed by atoms with Gasteiger partial charge in [-0.3, -0.25) is 4.79 Å². The largest absolute Gasteiger partial charge is 0.378 e. The predicted octanol–water partition coefficient (Wildman–Crippen LogP) is 4.69. The molecule has 3 aromatic heterocycles. The molecule has 0 bridgehead atoms. The van der Waals surface area contributed by atoms with Crippen LogP contribution in [0.1, 0.15) is 44.2 Å². The highest BCUT2D eigenvalue weighted by atomic mass is 32.1. The highest BCUT2D eigenvalue weighted by Gasteiger charge is 2.21. The van der Waals surface area contributed by atoms with Crippen LogP contribution >= 0.6 is 11.3 Å². The predicted molar refractivity (Wildman–Crippen MR) is 130 cm³/mol. The van der Waals surface area contributed by atoms with Gasteiger partial charge in [0.25, 0.3) is 11.9 Å². The Kier molecular flexibility index (Phi) is 6.96. The van der Waals surface area contributed by atoms with E-state index in [1.165, 1.54) is 15.3 Å². The Morgan fingerprint density at radius 3 is 2.70 bits per heavy atom. The quantitative estimate of drug-likeness (QED) is 0.412. The minimum Gasteiger partial charge on any atom is -0.378 e. The lowest BCUT2D eigenvalue weighted by atomic mass is 10.0. The maximum atomic E-state index is 13.0. The molecular weight excluding hydrogens is 434 g/mol. The van der Waals surface area contributed by atoms with Crippen LogP contribution in [0.5, 0.6) is 0 Å². The molecule has 3 heterocycles. The van der Waals surface area contributed by atoms with Gasteiger partial charge in [-0.05, 0) is 37.5 Å². The van der Waals surface area contributed by atoms with E-state index in [1.807, 2.05) is 24.3 Å². The van der Waals surface area contributed by atoms with E-state index >= 15 is 0 Å². The van der Waals surface area contributed by atoms with Gasteiger partial charge in [0.15, 0.2) is 0 Å². The number of hydrogen-bond acceptors (Lipinski definition) is 6. The molecule has 1 atom stereocenters. The third-order valence-electron chi connectivity index (χ3n) is 5.48. The van der Waals surface area contributed by atoms with Crippen molar-refractivity contribution in [3.05, 3.63) is 81.4 Å². The van der Waals surface area contributed by atoms with Crippen molar-refractivity contribution in [3.8, 4) is 17.2 Å². The number of nitrogens with zero attached hydrogens (tertiary/aromatic N) is 4. The van der Waals surface area contributed by atoms with Gasteiger partial charge in [-0.1, -0.05) is 37.3 Å². The topological polar surface area (TPSA) is 81.9 Å². The van der Waals surface area contributed by atoms with Gasteiger partial charge in [-0.25, -0.2) is 9.97 Å². The van der Waals surface area contributed by atoms with Crippen LogP contribution in [0, 0.1) is 13.8 Å². The molecule has 0 spiro atoms. The van der Waals surface area contributed by atoms with Crippen molar-refractivity contribution in [2.45, 2.75) is 33.3 Å². The van der Waals surface area contributed by atoms with E-state index in [1.54, 1.807) is 35.5 Å². The fourth-order valence-corrected chi connectivity index (χ4v) is 4.67. The maximum absolute atomic E-state index is 13.0. The van der Waals surface area contributed by atoms with Crippen LogP contribution in [0.25, 0.3) is 17.2 Å². The van der Waals surface area contributed by atoms with Crippen molar-refractivity contribution < 1.29 is 9.53 Å². The summed E-state index contributed by atoms with van der Waals surface area (Å²) in [5.74, 6) is 0.393. The number of hydrogen-bond donors (Lipinski definition) is 1. The Bertz CT molecular complexity index is 1250. The number of rotatable bonds is 8. The van der Waals surface area contributed by atoms with Gasteiger partial charge in [0, 0.05) is 35.2 Å². The number of carbonyl (C=O) groups is 1. The van der Waals surface area contributed by atoms with Gasteiger partial charge in [-0.15, -0.1) is 11.3 Å². The highest BCUT2D eigenvalue weighted by Crippen LogP contribution is 2.29. The second-order valence-electron chi connectivity index (χ2n) is 7.94. The minimum absolute atomic E-state index is 0.188. The first kappa shape index (κ1) is 22.8. The third-order valence-corrected chi connectivity index (χ3v) is 6.45. The lowest BCUT2D eigenvalue weighted by Crippen LogP contribution is -2.28. The summed E-state index contributed by atoms with van der Waals surface area (Å²) < 4.78 is 6.96. The van der Waals surface area contributed by atoms with Gasteiger partial charge in [0.1, 0.15) is 0 Å². The van der Waals surface area contributed by atoms with Crippen molar-refractivity contribution in [3.63, 3.8) is 0 Å². The molecule has 1 unspecified atom stereocenters. The summed E-state index contributed by atoms with van der Waals surface area (Å²) in [6.07, 6.45) is 3.26. The molecule has 4 rings (SSSR count). The normalized spacial score (nSPS) is 12.0. The second-order valence-corrected chi connectivity index (χ2v) is 9.40. The van der Waals surface area contributed by atoms with Crippen LogP contribution < -0.4 is 5.32 Å². The molecule has 1 amide bonds. The molecule has 0 aliphatic carbocycles. The molecule has 0 fully saturated rings. The number of amides is 1. The molecule has 4 aromatic rings. The first-order valence-corrected chi connectivity index (χ1v) is 11.6. The molecular formula is C25H27N5O2S. The van der Waals surface area contributed by atoms with E-state index in [2.05, 4.69) is 54.4 Å². The van der Waals surface area contributed by atoms with Gasteiger partial charge >= 0.3 is 0 Å². The molecule has 8 heteroatoms. The second kappa shape index (κ2) is 10.1. The number of ether oxygens (including phenoxy) is 1. The summed E-state index contributed by atoms with van der Waals surface area (Å²) in [6, 6.07) is 14.1. The fourth-order valence-electron chi connectivity index (χ4n) is 3.74. The Morgan fingerprint density at radius 2 is 2.00 bits per heavy atom. The molecule has 0 radical (unpaired) electrons. The van der Waals surface area contributed by atoms with Gasteiger partial charge in [0.05, 0.1) is 29.8 Å². The fraction of sp³-hybridized carbons (Fsp3) is 0.280. The zero-order valence-electron chi connectivity index (χ0n) is 19.2. The van der Waals surface area contributed by atoms with E-state index in [-0.39, 0.29) is 18.4 Å². The molecule has 0 aliphatic rings. The Morgan fingerprint density at radius 1 is 1.21 bits per heavy atom. The number of aromatic nitrogens is 4. The van der Waals surface area contributed by atoms with Crippen molar-refractivity contribution in [1.29, 1.82) is 0 Å². The Labute approximate surface area is 197 Å². The number of nitrogens with one attached hydrogen (secondary N) is 1. The third kappa shape index (κ3) is 5.02. The average molecular weight is 462 g/mol. The lowest BCUT2D eigenvalue weighted by Gasteiger charge is -2.13.